The maximum Gasteiger partial charge on any atom is -0.0219 e. The average Bonchev–Trinajstić information content (AvgIpc) is 2.28. The van der Waals surface area contributed by atoms with Gasteiger partial charge in [0.05, 0.1) is 0 Å². The fourth-order valence-electron chi connectivity index (χ4n) is 1.34. The molecule has 0 N–H and O–H groups in total. The molecule has 0 unspecified atom stereocenters. The Balaban J connectivity index is 0.000000288. The summed E-state index contributed by atoms with van der Waals surface area (Å²) in [5, 5.41) is 0. The Kier molecular flexibility index (Phi) is 9.26. The Labute approximate surface area is 95.7 Å². The highest BCUT2D eigenvalue weighted by Crippen LogP contribution is 2.11. The van der Waals surface area contributed by atoms with E-state index in [2.05, 4.69) is 52.0 Å². The summed E-state index contributed by atoms with van der Waals surface area (Å²) in [6, 6.07) is 10.5. The van der Waals surface area contributed by atoms with E-state index in [-0.39, 0.29) is 0 Å². The molecule has 0 aliphatic rings. The van der Waals surface area contributed by atoms with Gasteiger partial charge in [-0.15, -0.1) is 0 Å². The van der Waals surface area contributed by atoms with Crippen LogP contribution in [0.2, 0.25) is 0 Å². The lowest BCUT2D eigenvalue weighted by Gasteiger charge is -2.01. The van der Waals surface area contributed by atoms with Gasteiger partial charge >= 0.3 is 0 Å². The largest absolute Gasteiger partial charge is 0.0654 e. The molecule has 0 fully saturated rings. The summed E-state index contributed by atoms with van der Waals surface area (Å²) >= 11 is 0. The Morgan fingerprint density at radius 1 is 0.867 bits per heavy atom. The van der Waals surface area contributed by atoms with E-state index in [0.29, 0.717) is 5.92 Å². The zero-order chi connectivity index (χ0) is 11.5. The Bertz CT molecular complexity index is 207. The van der Waals surface area contributed by atoms with Gasteiger partial charge in [-0.25, -0.2) is 0 Å². The zero-order valence-electron chi connectivity index (χ0n) is 10.8. The second kappa shape index (κ2) is 9.76. The summed E-state index contributed by atoms with van der Waals surface area (Å²) < 4.78 is 0. The molecule has 15 heavy (non-hydrogen) atoms. The maximum absolute atomic E-state index is 2.23. The third-order valence-corrected chi connectivity index (χ3v) is 2.42. The highest BCUT2D eigenvalue weighted by molar-refractivity contribution is 5.17. The van der Waals surface area contributed by atoms with E-state index >= 15 is 0 Å². The minimum Gasteiger partial charge on any atom is -0.0654 e. The second-order valence-electron chi connectivity index (χ2n) is 4.27. The van der Waals surface area contributed by atoms with Crippen LogP contribution in [0.5, 0.6) is 0 Å². The highest BCUT2D eigenvalue weighted by atomic mass is 14.0. The minimum atomic E-state index is 0.659. The molecular formula is C15H26. The van der Waals surface area contributed by atoms with Gasteiger partial charge in [0, 0.05) is 0 Å². The van der Waals surface area contributed by atoms with Gasteiger partial charge in [0.1, 0.15) is 0 Å². The molecule has 0 aromatic heterocycles. The maximum atomic E-state index is 2.23. The van der Waals surface area contributed by atoms with Crippen molar-refractivity contribution in [1.29, 1.82) is 0 Å². The van der Waals surface area contributed by atoms with Crippen LogP contribution in [0.25, 0.3) is 0 Å². The molecule has 0 aliphatic heterocycles. The summed E-state index contributed by atoms with van der Waals surface area (Å²) in [6.45, 7) is 8.87. The van der Waals surface area contributed by atoms with E-state index in [1.807, 2.05) is 6.07 Å². The predicted octanol–water partition coefficient (Wildman–Crippen LogP) is 5.40. The van der Waals surface area contributed by atoms with Crippen molar-refractivity contribution in [1.82, 2.24) is 0 Å². The molecule has 0 nitrogen and oxygen atoms in total. The van der Waals surface area contributed by atoms with Crippen molar-refractivity contribution < 1.29 is 0 Å². The summed E-state index contributed by atoms with van der Waals surface area (Å²) in [7, 11) is 0. The average molecular weight is 206 g/mol. The first-order valence-corrected chi connectivity index (χ1v) is 6.27. The van der Waals surface area contributed by atoms with Crippen LogP contribution in [0, 0.1) is 0 Å². The quantitative estimate of drug-likeness (QED) is 0.579. The smallest absolute Gasteiger partial charge is 0.0219 e. The first kappa shape index (κ1) is 14.2. The van der Waals surface area contributed by atoms with E-state index in [9.17, 15) is 0 Å². The minimum absolute atomic E-state index is 0.659. The fourth-order valence-corrected chi connectivity index (χ4v) is 1.34. The Morgan fingerprint density at radius 2 is 1.33 bits per heavy atom. The van der Waals surface area contributed by atoms with Crippen LogP contribution in [-0.2, 0) is 0 Å². The second-order valence-corrected chi connectivity index (χ2v) is 4.27. The van der Waals surface area contributed by atoms with Crippen molar-refractivity contribution in [3.63, 3.8) is 0 Å². The van der Waals surface area contributed by atoms with Gasteiger partial charge in [-0.2, -0.15) is 0 Å². The van der Waals surface area contributed by atoms with Crippen molar-refractivity contribution in [2.75, 3.05) is 0 Å². The van der Waals surface area contributed by atoms with Crippen molar-refractivity contribution in [2.45, 2.75) is 59.3 Å². The first-order valence-electron chi connectivity index (χ1n) is 6.27. The van der Waals surface area contributed by atoms with Gasteiger partial charge in [-0.3, -0.25) is 0 Å². The number of hydrogen-bond acceptors (Lipinski definition) is 0. The molecule has 0 bridgehead atoms. The molecular weight excluding hydrogens is 180 g/mol. The fraction of sp³-hybridized carbons (Fsp3) is 0.600. The zero-order valence-corrected chi connectivity index (χ0v) is 10.8. The van der Waals surface area contributed by atoms with Crippen LogP contribution in [0.1, 0.15) is 64.9 Å². The summed E-state index contributed by atoms with van der Waals surface area (Å²) in [5.41, 5.74) is 1.41. The van der Waals surface area contributed by atoms with Crippen LogP contribution >= 0.6 is 0 Å². The Hall–Kier alpha value is -0.780. The summed E-state index contributed by atoms with van der Waals surface area (Å²) in [5.74, 6) is 0.659. The monoisotopic (exact) mass is 206 g/mol. The third kappa shape index (κ3) is 8.23. The first-order chi connectivity index (χ1) is 7.22. The van der Waals surface area contributed by atoms with Gasteiger partial charge in [0.2, 0.25) is 0 Å². The highest BCUT2D eigenvalue weighted by Gasteiger charge is 1.93. The number of unbranched alkanes of at least 4 members (excludes halogenated alkanes) is 3. The van der Waals surface area contributed by atoms with E-state index in [0.717, 1.165) is 0 Å². The lowest BCUT2D eigenvalue weighted by molar-refractivity contribution is 0.702. The van der Waals surface area contributed by atoms with Crippen molar-refractivity contribution in [3.05, 3.63) is 35.9 Å². The summed E-state index contributed by atoms with van der Waals surface area (Å²) in [4.78, 5) is 0. The number of benzene rings is 1. The SMILES string of the molecule is CC(C)c1ccccc1.CCCCCC. The molecule has 1 aromatic rings. The van der Waals surface area contributed by atoms with E-state index in [4.69, 9.17) is 0 Å². The molecule has 0 saturated carbocycles. The van der Waals surface area contributed by atoms with Gasteiger partial charge in [0.15, 0.2) is 0 Å². The van der Waals surface area contributed by atoms with E-state index in [1.54, 1.807) is 0 Å². The van der Waals surface area contributed by atoms with Gasteiger partial charge < -0.3 is 0 Å². The molecule has 0 aliphatic carbocycles. The molecule has 0 heteroatoms. The molecule has 1 rings (SSSR count). The van der Waals surface area contributed by atoms with E-state index in [1.165, 1.54) is 31.2 Å². The standard InChI is InChI=1S/C9H12.C6H14/c1-8(2)9-6-4-3-5-7-9;1-3-5-6-4-2/h3-8H,1-2H3;3-6H2,1-2H3. The molecule has 1 aromatic carbocycles. The van der Waals surface area contributed by atoms with Crippen molar-refractivity contribution in [2.24, 2.45) is 0 Å². The molecule has 0 amide bonds. The summed E-state index contributed by atoms with van der Waals surface area (Å²) in [6.07, 6.45) is 5.54. The normalized spacial score (nSPS) is 9.67. The number of hydrogen-bond donors (Lipinski definition) is 0. The molecule has 0 spiro atoms. The van der Waals surface area contributed by atoms with Crippen LogP contribution in [0.3, 0.4) is 0 Å². The van der Waals surface area contributed by atoms with Crippen LogP contribution in [0.4, 0.5) is 0 Å². The van der Waals surface area contributed by atoms with Gasteiger partial charge in [0.25, 0.3) is 0 Å². The van der Waals surface area contributed by atoms with Gasteiger partial charge in [-0.1, -0.05) is 83.7 Å². The molecule has 0 radical (unpaired) electrons. The Morgan fingerprint density at radius 3 is 1.60 bits per heavy atom. The predicted molar refractivity (Wildman–Crippen MR) is 70.3 cm³/mol. The van der Waals surface area contributed by atoms with Crippen LogP contribution in [0.15, 0.2) is 30.3 Å². The van der Waals surface area contributed by atoms with Crippen molar-refractivity contribution in [3.8, 4) is 0 Å². The lowest BCUT2D eigenvalue weighted by atomic mass is 10.0. The van der Waals surface area contributed by atoms with Crippen molar-refractivity contribution >= 4 is 0 Å². The van der Waals surface area contributed by atoms with Gasteiger partial charge in [-0.05, 0) is 11.5 Å². The molecule has 0 saturated heterocycles. The molecule has 0 atom stereocenters. The number of rotatable bonds is 4. The van der Waals surface area contributed by atoms with Crippen LogP contribution in [-0.4, -0.2) is 0 Å². The molecule has 86 valence electrons. The lowest BCUT2D eigenvalue weighted by Crippen LogP contribution is -1.83. The third-order valence-electron chi connectivity index (χ3n) is 2.42. The molecule has 0 heterocycles. The van der Waals surface area contributed by atoms with E-state index < -0.39 is 0 Å². The van der Waals surface area contributed by atoms with Crippen LogP contribution < -0.4 is 0 Å². The topological polar surface area (TPSA) is 0 Å².